The molecule has 126 valence electrons. The first-order valence-corrected chi connectivity index (χ1v) is 7.84. The van der Waals surface area contributed by atoms with Crippen molar-refractivity contribution in [3.05, 3.63) is 40.7 Å². The van der Waals surface area contributed by atoms with Crippen molar-refractivity contribution in [2.24, 2.45) is 0 Å². The van der Waals surface area contributed by atoms with Gasteiger partial charge in [-0.15, -0.1) is 0 Å². The van der Waals surface area contributed by atoms with E-state index in [0.717, 1.165) is 32.4 Å². The lowest BCUT2D eigenvalue weighted by Crippen LogP contribution is -2.31. The number of anilines is 3. The summed E-state index contributed by atoms with van der Waals surface area (Å²) in [5, 5.41) is 14.6. The van der Waals surface area contributed by atoms with E-state index in [1.165, 1.54) is 6.33 Å². The minimum atomic E-state index is -0.424. The number of nitrogens with one attached hydrogen (secondary N) is 1. The lowest BCUT2D eigenvalue weighted by atomic mass is 10.1. The third-order valence-corrected chi connectivity index (χ3v) is 3.97. The van der Waals surface area contributed by atoms with Gasteiger partial charge in [0.15, 0.2) is 0 Å². The molecule has 0 saturated carbocycles. The lowest BCUT2D eigenvalue weighted by Gasteiger charge is -2.27. The molecule has 2 aromatic rings. The number of nitrogens with zero attached hydrogens (tertiary/aromatic N) is 4. The van der Waals surface area contributed by atoms with Crippen molar-refractivity contribution < 1.29 is 9.66 Å². The Labute approximate surface area is 139 Å². The SMILES string of the molecule is COc1cccc(Nc2ncnc(N3CCCCC3)c2[N+](=O)[O-])c1. The van der Waals surface area contributed by atoms with Crippen LogP contribution >= 0.6 is 0 Å². The van der Waals surface area contributed by atoms with Crippen molar-refractivity contribution in [3.8, 4) is 5.75 Å². The van der Waals surface area contributed by atoms with Gasteiger partial charge >= 0.3 is 5.69 Å². The molecular formula is C16H19N5O3. The van der Waals surface area contributed by atoms with Gasteiger partial charge in [-0.25, -0.2) is 9.97 Å². The van der Waals surface area contributed by atoms with E-state index >= 15 is 0 Å². The summed E-state index contributed by atoms with van der Waals surface area (Å²) in [6.07, 6.45) is 4.53. The molecule has 1 aromatic heterocycles. The summed E-state index contributed by atoms with van der Waals surface area (Å²) in [5.74, 6) is 1.22. The molecule has 0 radical (unpaired) electrons. The van der Waals surface area contributed by atoms with E-state index < -0.39 is 4.92 Å². The van der Waals surface area contributed by atoms with Crippen LogP contribution in [0.5, 0.6) is 5.75 Å². The first kappa shape index (κ1) is 16.0. The zero-order valence-corrected chi connectivity index (χ0v) is 13.4. The monoisotopic (exact) mass is 329 g/mol. The van der Waals surface area contributed by atoms with Crippen LogP contribution in [0.15, 0.2) is 30.6 Å². The minimum absolute atomic E-state index is 0.0952. The number of rotatable bonds is 5. The Morgan fingerprint density at radius 3 is 2.75 bits per heavy atom. The molecular weight excluding hydrogens is 310 g/mol. The van der Waals surface area contributed by atoms with Gasteiger partial charge in [-0.2, -0.15) is 0 Å². The highest BCUT2D eigenvalue weighted by Crippen LogP contribution is 2.35. The van der Waals surface area contributed by atoms with E-state index in [-0.39, 0.29) is 11.5 Å². The maximum absolute atomic E-state index is 11.6. The first-order valence-electron chi connectivity index (χ1n) is 7.84. The van der Waals surface area contributed by atoms with Gasteiger partial charge in [0.25, 0.3) is 0 Å². The topological polar surface area (TPSA) is 93.4 Å². The number of benzene rings is 1. The van der Waals surface area contributed by atoms with E-state index in [2.05, 4.69) is 15.3 Å². The zero-order valence-electron chi connectivity index (χ0n) is 13.4. The first-order chi connectivity index (χ1) is 11.7. The smallest absolute Gasteiger partial charge is 0.353 e. The highest BCUT2D eigenvalue weighted by Gasteiger charge is 2.27. The summed E-state index contributed by atoms with van der Waals surface area (Å²) >= 11 is 0. The molecule has 1 aliphatic heterocycles. The summed E-state index contributed by atoms with van der Waals surface area (Å²) in [5.41, 5.74) is 0.572. The highest BCUT2D eigenvalue weighted by atomic mass is 16.6. The van der Waals surface area contributed by atoms with Gasteiger partial charge in [-0.3, -0.25) is 10.1 Å². The third-order valence-electron chi connectivity index (χ3n) is 3.97. The summed E-state index contributed by atoms with van der Waals surface area (Å²) in [4.78, 5) is 21.4. The van der Waals surface area contributed by atoms with Crippen LogP contribution in [0.1, 0.15) is 19.3 Å². The maximum atomic E-state index is 11.6. The minimum Gasteiger partial charge on any atom is -0.497 e. The fraction of sp³-hybridized carbons (Fsp3) is 0.375. The fourth-order valence-electron chi connectivity index (χ4n) is 2.80. The highest BCUT2D eigenvalue weighted by molar-refractivity contribution is 5.74. The molecule has 24 heavy (non-hydrogen) atoms. The van der Waals surface area contributed by atoms with Crippen LogP contribution in [0.4, 0.5) is 23.0 Å². The molecule has 2 heterocycles. The summed E-state index contributed by atoms with van der Waals surface area (Å²) in [7, 11) is 1.57. The number of ether oxygens (including phenoxy) is 1. The van der Waals surface area contributed by atoms with E-state index in [1.54, 1.807) is 31.4 Å². The molecule has 3 rings (SSSR count). The van der Waals surface area contributed by atoms with Gasteiger partial charge in [-0.1, -0.05) is 6.07 Å². The van der Waals surface area contributed by atoms with Crippen molar-refractivity contribution in [1.29, 1.82) is 0 Å². The maximum Gasteiger partial charge on any atom is 0.353 e. The molecule has 1 fully saturated rings. The predicted molar refractivity (Wildman–Crippen MR) is 91.0 cm³/mol. The Balaban J connectivity index is 1.96. The van der Waals surface area contributed by atoms with Crippen LogP contribution in [0, 0.1) is 10.1 Å². The Kier molecular flexibility index (Phi) is 4.74. The van der Waals surface area contributed by atoms with Crippen molar-refractivity contribution in [2.75, 3.05) is 30.4 Å². The molecule has 1 saturated heterocycles. The normalized spacial score (nSPS) is 14.3. The van der Waals surface area contributed by atoms with Crippen molar-refractivity contribution in [1.82, 2.24) is 9.97 Å². The molecule has 0 aliphatic carbocycles. The number of nitro groups is 1. The zero-order chi connectivity index (χ0) is 16.9. The standard InChI is InChI=1S/C16H19N5O3/c1-24-13-7-5-6-12(10-13)19-15-14(21(22)23)16(18-11-17-15)20-8-3-2-4-9-20/h5-7,10-11H,2-4,8-9H2,1H3,(H,17,18,19). The lowest BCUT2D eigenvalue weighted by molar-refractivity contribution is -0.383. The second-order valence-corrected chi connectivity index (χ2v) is 5.56. The molecule has 0 spiro atoms. The Morgan fingerprint density at radius 2 is 2.04 bits per heavy atom. The molecule has 1 N–H and O–H groups in total. The molecule has 0 bridgehead atoms. The predicted octanol–water partition coefficient (Wildman–Crippen LogP) is 3.13. The van der Waals surface area contributed by atoms with Gasteiger partial charge in [0.05, 0.1) is 12.0 Å². The van der Waals surface area contributed by atoms with Crippen LogP contribution < -0.4 is 15.0 Å². The Morgan fingerprint density at radius 1 is 1.25 bits per heavy atom. The van der Waals surface area contributed by atoms with Crippen molar-refractivity contribution in [3.63, 3.8) is 0 Å². The fourth-order valence-corrected chi connectivity index (χ4v) is 2.80. The van der Waals surface area contributed by atoms with E-state index in [4.69, 9.17) is 4.74 Å². The van der Waals surface area contributed by atoms with Crippen LogP contribution in [-0.4, -0.2) is 35.1 Å². The summed E-state index contributed by atoms with van der Waals surface area (Å²) in [6.45, 7) is 1.55. The van der Waals surface area contributed by atoms with Gasteiger partial charge < -0.3 is 15.0 Å². The number of aromatic nitrogens is 2. The van der Waals surface area contributed by atoms with Crippen molar-refractivity contribution in [2.45, 2.75) is 19.3 Å². The number of hydrogen-bond donors (Lipinski definition) is 1. The summed E-state index contributed by atoms with van der Waals surface area (Å²) in [6, 6.07) is 7.17. The van der Waals surface area contributed by atoms with Gasteiger partial charge in [0, 0.05) is 24.8 Å². The second kappa shape index (κ2) is 7.12. The quantitative estimate of drug-likeness (QED) is 0.665. The number of hydrogen-bond acceptors (Lipinski definition) is 7. The molecule has 1 aliphatic rings. The molecule has 0 atom stereocenters. The number of piperidine rings is 1. The average molecular weight is 329 g/mol. The van der Waals surface area contributed by atoms with Gasteiger partial charge in [0.1, 0.15) is 12.1 Å². The second-order valence-electron chi connectivity index (χ2n) is 5.56. The molecule has 0 unspecified atom stereocenters. The molecule has 8 nitrogen and oxygen atoms in total. The van der Waals surface area contributed by atoms with Crippen LogP contribution in [0.3, 0.4) is 0 Å². The largest absolute Gasteiger partial charge is 0.497 e. The van der Waals surface area contributed by atoms with Gasteiger partial charge in [-0.05, 0) is 31.4 Å². The van der Waals surface area contributed by atoms with E-state index in [1.807, 2.05) is 4.90 Å². The Hall–Kier alpha value is -2.90. The van der Waals surface area contributed by atoms with Crippen LogP contribution in [-0.2, 0) is 0 Å². The van der Waals surface area contributed by atoms with Crippen LogP contribution in [0.2, 0.25) is 0 Å². The average Bonchev–Trinajstić information content (AvgIpc) is 2.62. The van der Waals surface area contributed by atoms with Crippen LogP contribution in [0.25, 0.3) is 0 Å². The van der Waals surface area contributed by atoms with E-state index in [9.17, 15) is 10.1 Å². The Bertz CT molecular complexity index is 731. The third kappa shape index (κ3) is 3.37. The van der Waals surface area contributed by atoms with Crippen molar-refractivity contribution >= 4 is 23.0 Å². The summed E-state index contributed by atoms with van der Waals surface area (Å²) < 4.78 is 5.17. The molecule has 1 aromatic carbocycles. The molecule has 8 heteroatoms. The number of methoxy groups -OCH3 is 1. The van der Waals surface area contributed by atoms with Gasteiger partial charge in [0.2, 0.25) is 11.6 Å². The van der Waals surface area contributed by atoms with E-state index in [0.29, 0.717) is 17.3 Å². The molecule has 0 amide bonds.